The minimum Gasteiger partial charge on any atom is -0.391 e. The highest BCUT2D eigenvalue weighted by atomic mass is 16.3. The third-order valence-electron chi connectivity index (χ3n) is 3.32. The van der Waals surface area contributed by atoms with Crippen LogP contribution in [-0.4, -0.2) is 38.8 Å². The number of hydrogen-bond acceptors (Lipinski definition) is 4. The minimum atomic E-state index is -0.246. The average Bonchev–Trinajstić information content (AvgIpc) is 2.71. The number of pyridine rings is 1. The van der Waals surface area contributed by atoms with Crippen LogP contribution < -0.4 is 4.90 Å². The summed E-state index contributed by atoms with van der Waals surface area (Å²) in [6.45, 7) is 1.60. The molecule has 5 heteroatoms. The summed E-state index contributed by atoms with van der Waals surface area (Å²) in [7, 11) is 1.98. The fourth-order valence-electron chi connectivity index (χ4n) is 2.43. The lowest BCUT2D eigenvalue weighted by Gasteiger charge is -2.31. The first kappa shape index (κ1) is 10.5. The molecular formula is C12H16N4O. The summed E-state index contributed by atoms with van der Waals surface area (Å²) in [5.74, 6) is 0.891. The van der Waals surface area contributed by atoms with Crippen LogP contribution in [0, 0.1) is 0 Å². The fraction of sp³-hybridized carbons (Fsp3) is 0.500. The van der Waals surface area contributed by atoms with E-state index in [1.807, 2.05) is 17.7 Å². The normalized spacial score (nSPS) is 21.1. The van der Waals surface area contributed by atoms with E-state index >= 15 is 0 Å². The van der Waals surface area contributed by atoms with Gasteiger partial charge in [-0.1, -0.05) is 0 Å². The van der Waals surface area contributed by atoms with Gasteiger partial charge in [-0.2, -0.15) is 0 Å². The number of aliphatic hydroxyl groups is 1. The van der Waals surface area contributed by atoms with Gasteiger partial charge in [-0.3, -0.25) is 0 Å². The lowest BCUT2D eigenvalue weighted by Crippen LogP contribution is -2.38. The predicted molar refractivity (Wildman–Crippen MR) is 66.0 cm³/mol. The molecule has 17 heavy (non-hydrogen) atoms. The Morgan fingerprint density at radius 1 is 1.41 bits per heavy atom. The van der Waals surface area contributed by atoms with Crippen molar-refractivity contribution in [1.82, 2.24) is 14.5 Å². The van der Waals surface area contributed by atoms with Crippen LogP contribution in [0.3, 0.4) is 0 Å². The van der Waals surface area contributed by atoms with Gasteiger partial charge in [0.2, 0.25) is 0 Å². The molecule has 0 bridgehead atoms. The van der Waals surface area contributed by atoms with E-state index in [4.69, 9.17) is 0 Å². The number of hydrogen-bond donors (Lipinski definition) is 1. The zero-order valence-electron chi connectivity index (χ0n) is 9.87. The molecule has 3 heterocycles. The zero-order chi connectivity index (χ0) is 11.8. The average molecular weight is 232 g/mol. The highest BCUT2D eigenvalue weighted by molar-refractivity contribution is 5.86. The van der Waals surface area contributed by atoms with Crippen LogP contribution in [0.25, 0.3) is 11.0 Å². The van der Waals surface area contributed by atoms with Crippen molar-refractivity contribution in [3.05, 3.63) is 18.6 Å². The Labute approximate surface area is 99.7 Å². The molecule has 0 spiro atoms. The number of anilines is 1. The van der Waals surface area contributed by atoms with Crippen LogP contribution >= 0.6 is 0 Å². The molecule has 0 aliphatic carbocycles. The molecule has 2 aromatic rings. The maximum absolute atomic E-state index is 9.72. The quantitative estimate of drug-likeness (QED) is 0.794. The van der Waals surface area contributed by atoms with E-state index in [0.717, 1.165) is 36.2 Å². The highest BCUT2D eigenvalue weighted by Gasteiger charge is 2.21. The number of β-amino-alcohol motifs (C(OH)–C–C–N with tert-alkyl or cyclic N) is 1. The molecule has 90 valence electrons. The Kier molecular flexibility index (Phi) is 2.48. The molecule has 1 aliphatic rings. The summed E-state index contributed by atoms with van der Waals surface area (Å²) in [5, 5.41) is 9.72. The molecule has 1 atom stereocenters. The third kappa shape index (κ3) is 1.76. The molecule has 0 aromatic carbocycles. The van der Waals surface area contributed by atoms with E-state index < -0.39 is 0 Å². The summed E-state index contributed by atoms with van der Waals surface area (Å²) >= 11 is 0. The van der Waals surface area contributed by atoms with Gasteiger partial charge in [0.05, 0.1) is 17.9 Å². The lowest BCUT2D eigenvalue weighted by molar-refractivity contribution is 0.154. The van der Waals surface area contributed by atoms with Crippen molar-refractivity contribution in [2.45, 2.75) is 18.9 Å². The van der Waals surface area contributed by atoms with Crippen LogP contribution in [-0.2, 0) is 7.05 Å². The number of nitrogens with zero attached hydrogens (tertiary/aromatic N) is 4. The Morgan fingerprint density at radius 2 is 2.29 bits per heavy atom. The summed E-state index contributed by atoms with van der Waals surface area (Å²) < 4.78 is 1.99. The maximum atomic E-state index is 9.72. The Balaban J connectivity index is 2.04. The maximum Gasteiger partial charge on any atom is 0.156 e. The van der Waals surface area contributed by atoms with Crippen LogP contribution in [0.15, 0.2) is 18.6 Å². The SMILES string of the molecule is Cn1cnc2c(N3CCC[C@H](O)C3)nccc21. The zero-order valence-corrected chi connectivity index (χ0v) is 9.87. The van der Waals surface area contributed by atoms with E-state index in [2.05, 4.69) is 14.9 Å². The number of aromatic nitrogens is 3. The molecule has 0 radical (unpaired) electrons. The van der Waals surface area contributed by atoms with Crippen molar-refractivity contribution in [3.8, 4) is 0 Å². The Bertz CT molecular complexity index is 536. The van der Waals surface area contributed by atoms with Crippen LogP contribution in [0.5, 0.6) is 0 Å². The van der Waals surface area contributed by atoms with Gasteiger partial charge >= 0.3 is 0 Å². The number of piperidine rings is 1. The Hall–Kier alpha value is -1.62. The molecule has 3 rings (SSSR count). The van der Waals surface area contributed by atoms with Crippen molar-refractivity contribution in [2.75, 3.05) is 18.0 Å². The second-order valence-corrected chi connectivity index (χ2v) is 4.60. The number of rotatable bonds is 1. The lowest BCUT2D eigenvalue weighted by atomic mass is 10.1. The van der Waals surface area contributed by atoms with Crippen molar-refractivity contribution in [1.29, 1.82) is 0 Å². The van der Waals surface area contributed by atoms with Crippen LogP contribution in [0.1, 0.15) is 12.8 Å². The summed E-state index contributed by atoms with van der Waals surface area (Å²) in [6.07, 6.45) is 5.25. The fourth-order valence-corrected chi connectivity index (χ4v) is 2.43. The van der Waals surface area contributed by atoms with Crippen molar-refractivity contribution in [2.24, 2.45) is 7.05 Å². The third-order valence-corrected chi connectivity index (χ3v) is 3.32. The molecule has 5 nitrogen and oxygen atoms in total. The molecule has 2 aromatic heterocycles. The molecule has 1 fully saturated rings. The van der Waals surface area contributed by atoms with Gasteiger partial charge in [0, 0.05) is 26.3 Å². The molecule has 1 N–H and O–H groups in total. The smallest absolute Gasteiger partial charge is 0.156 e. The standard InChI is InChI=1S/C12H16N4O/c1-15-8-14-11-10(15)4-5-13-12(11)16-6-2-3-9(17)7-16/h4-5,8-9,17H,2-3,6-7H2,1H3/t9-/m0/s1. The van der Waals surface area contributed by atoms with Crippen LogP contribution in [0.2, 0.25) is 0 Å². The van der Waals surface area contributed by atoms with Crippen LogP contribution in [0.4, 0.5) is 5.82 Å². The van der Waals surface area contributed by atoms with Gasteiger partial charge in [-0.05, 0) is 18.9 Å². The molecule has 0 amide bonds. The van der Waals surface area contributed by atoms with Gasteiger partial charge in [0.1, 0.15) is 5.52 Å². The number of fused-ring (bicyclic) bond motifs is 1. The minimum absolute atomic E-state index is 0.246. The number of aliphatic hydroxyl groups excluding tert-OH is 1. The first-order valence-electron chi connectivity index (χ1n) is 5.95. The first-order chi connectivity index (χ1) is 8.25. The second kappa shape index (κ2) is 4.00. The topological polar surface area (TPSA) is 54.2 Å². The largest absolute Gasteiger partial charge is 0.391 e. The van der Waals surface area contributed by atoms with Gasteiger partial charge in [0.15, 0.2) is 5.82 Å². The van der Waals surface area contributed by atoms with E-state index in [-0.39, 0.29) is 6.10 Å². The highest BCUT2D eigenvalue weighted by Crippen LogP contribution is 2.25. The number of aryl methyl sites for hydroxylation is 1. The second-order valence-electron chi connectivity index (χ2n) is 4.60. The van der Waals surface area contributed by atoms with Gasteiger partial charge in [-0.15, -0.1) is 0 Å². The van der Waals surface area contributed by atoms with E-state index in [0.29, 0.717) is 6.54 Å². The van der Waals surface area contributed by atoms with E-state index in [1.165, 1.54) is 0 Å². The van der Waals surface area contributed by atoms with Crippen molar-refractivity contribution >= 4 is 16.9 Å². The molecule has 1 aliphatic heterocycles. The monoisotopic (exact) mass is 232 g/mol. The van der Waals surface area contributed by atoms with Crippen molar-refractivity contribution in [3.63, 3.8) is 0 Å². The molecule has 1 saturated heterocycles. The molecular weight excluding hydrogens is 216 g/mol. The Morgan fingerprint density at radius 3 is 3.12 bits per heavy atom. The predicted octanol–water partition coefficient (Wildman–Crippen LogP) is 0.929. The number of imidazole rings is 1. The first-order valence-corrected chi connectivity index (χ1v) is 5.95. The van der Waals surface area contributed by atoms with E-state index in [9.17, 15) is 5.11 Å². The summed E-state index contributed by atoms with van der Waals surface area (Å²) in [4.78, 5) is 10.9. The molecule has 0 unspecified atom stereocenters. The van der Waals surface area contributed by atoms with Gasteiger partial charge in [-0.25, -0.2) is 9.97 Å². The summed E-state index contributed by atoms with van der Waals surface area (Å²) in [5.41, 5.74) is 2.00. The van der Waals surface area contributed by atoms with Gasteiger partial charge in [0.25, 0.3) is 0 Å². The van der Waals surface area contributed by atoms with Crippen molar-refractivity contribution < 1.29 is 5.11 Å². The van der Waals surface area contributed by atoms with E-state index in [1.54, 1.807) is 12.5 Å². The van der Waals surface area contributed by atoms with Gasteiger partial charge < -0.3 is 14.6 Å². The molecule has 0 saturated carbocycles. The summed E-state index contributed by atoms with van der Waals surface area (Å²) in [6, 6.07) is 1.96.